The molecule has 2 bridgehead atoms. The highest BCUT2D eigenvalue weighted by molar-refractivity contribution is 5.76. The molecule has 0 spiro atoms. The largest absolute Gasteiger partial charge is 0.508 e. The molecule has 3 atom stereocenters. The molecule has 0 aliphatic heterocycles. The summed E-state index contributed by atoms with van der Waals surface area (Å²) < 4.78 is 0. The summed E-state index contributed by atoms with van der Waals surface area (Å²) in [5.41, 5.74) is 1.06. The zero-order valence-corrected chi connectivity index (χ0v) is 12.1. The number of benzene rings is 1. The molecule has 0 unspecified atom stereocenters. The number of phenols is 1. The summed E-state index contributed by atoms with van der Waals surface area (Å²) >= 11 is 0. The van der Waals surface area contributed by atoms with Crippen LogP contribution in [-0.4, -0.2) is 23.0 Å². The molecule has 3 heteroatoms. The van der Waals surface area contributed by atoms with Gasteiger partial charge in [-0.1, -0.05) is 18.6 Å². The number of hydrogen-bond donors (Lipinski definition) is 1. The number of carbonyl (C=O) groups is 1. The summed E-state index contributed by atoms with van der Waals surface area (Å²) in [6.45, 7) is 0.625. The zero-order valence-electron chi connectivity index (χ0n) is 12.1. The Bertz CT molecular complexity index is 482. The number of rotatable bonds is 4. The van der Waals surface area contributed by atoms with E-state index >= 15 is 0 Å². The van der Waals surface area contributed by atoms with Crippen molar-refractivity contribution in [3.05, 3.63) is 29.8 Å². The quantitative estimate of drug-likeness (QED) is 0.915. The maximum atomic E-state index is 12.3. The molecule has 2 aliphatic carbocycles. The summed E-state index contributed by atoms with van der Waals surface area (Å²) in [6.07, 6.45) is 6.07. The Morgan fingerprint density at radius 2 is 2.00 bits per heavy atom. The average Bonchev–Trinajstić information content (AvgIpc) is 3.03. The van der Waals surface area contributed by atoms with Crippen LogP contribution in [0.3, 0.4) is 0 Å². The van der Waals surface area contributed by atoms with E-state index in [1.165, 1.54) is 25.7 Å². The molecule has 1 N–H and O–H groups in total. The van der Waals surface area contributed by atoms with Crippen molar-refractivity contribution in [1.82, 2.24) is 4.90 Å². The molecule has 0 radical (unpaired) electrons. The van der Waals surface area contributed by atoms with E-state index in [1.54, 1.807) is 12.1 Å². The van der Waals surface area contributed by atoms with Crippen LogP contribution in [-0.2, 0) is 11.3 Å². The van der Waals surface area contributed by atoms with E-state index in [9.17, 15) is 9.90 Å². The van der Waals surface area contributed by atoms with Crippen LogP contribution in [0.5, 0.6) is 5.75 Å². The van der Waals surface area contributed by atoms with Crippen molar-refractivity contribution in [2.75, 3.05) is 7.05 Å². The highest BCUT2D eigenvalue weighted by Gasteiger charge is 2.40. The minimum Gasteiger partial charge on any atom is -0.508 e. The molecule has 0 heterocycles. The molecule has 3 nitrogen and oxygen atoms in total. The number of fused-ring (bicyclic) bond motifs is 2. The fraction of sp³-hybridized carbons (Fsp3) is 0.588. The molecule has 20 heavy (non-hydrogen) atoms. The van der Waals surface area contributed by atoms with Crippen LogP contribution in [0.25, 0.3) is 0 Å². The second kappa shape index (κ2) is 5.47. The molecule has 0 saturated heterocycles. The van der Waals surface area contributed by atoms with Crippen molar-refractivity contribution < 1.29 is 9.90 Å². The minimum atomic E-state index is 0.260. The van der Waals surface area contributed by atoms with Crippen LogP contribution in [0.2, 0.25) is 0 Å². The lowest BCUT2D eigenvalue weighted by Crippen LogP contribution is -2.29. The Kier molecular flexibility index (Phi) is 3.68. The van der Waals surface area contributed by atoms with E-state index in [0.717, 1.165) is 23.8 Å². The molecule has 108 valence electrons. The SMILES string of the molecule is CN(Cc1ccc(O)cc1)C(=O)C[C@@H]1C[C@H]2CC[C@H]1C2. The predicted octanol–water partition coefficient (Wildman–Crippen LogP) is 3.18. The lowest BCUT2D eigenvalue weighted by molar-refractivity contribution is -0.131. The van der Waals surface area contributed by atoms with Gasteiger partial charge < -0.3 is 10.0 Å². The zero-order chi connectivity index (χ0) is 14.1. The van der Waals surface area contributed by atoms with Crippen molar-refractivity contribution in [2.45, 2.75) is 38.6 Å². The van der Waals surface area contributed by atoms with E-state index in [-0.39, 0.29) is 11.7 Å². The summed E-state index contributed by atoms with van der Waals surface area (Å²) in [7, 11) is 1.88. The average molecular weight is 273 g/mol. The molecule has 0 aromatic heterocycles. The lowest BCUT2D eigenvalue weighted by Gasteiger charge is -2.24. The van der Waals surface area contributed by atoms with Crippen LogP contribution in [0.1, 0.15) is 37.7 Å². The van der Waals surface area contributed by atoms with E-state index in [4.69, 9.17) is 0 Å². The van der Waals surface area contributed by atoms with Crippen LogP contribution in [0.4, 0.5) is 0 Å². The number of amides is 1. The Morgan fingerprint density at radius 3 is 2.60 bits per heavy atom. The molecule has 1 amide bonds. The number of carbonyl (C=O) groups excluding carboxylic acids is 1. The van der Waals surface area contributed by atoms with Gasteiger partial charge in [0.15, 0.2) is 0 Å². The first-order valence-corrected chi connectivity index (χ1v) is 7.63. The van der Waals surface area contributed by atoms with Crippen molar-refractivity contribution in [3.63, 3.8) is 0 Å². The molecule has 1 aromatic carbocycles. The standard InChI is InChI=1S/C17H23NO2/c1-18(11-12-3-6-16(19)7-4-12)17(20)10-15-9-13-2-5-14(15)8-13/h3-4,6-7,13-15,19H,2,5,8-11H2,1H3/t13-,14-,15-/m0/s1. The first-order valence-electron chi connectivity index (χ1n) is 7.63. The molecule has 2 fully saturated rings. The number of phenolic OH excluding ortho intramolecular Hbond substituents is 1. The van der Waals surface area contributed by atoms with Gasteiger partial charge in [-0.25, -0.2) is 0 Å². The second-order valence-corrected chi connectivity index (χ2v) is 6.56. The van der Waals surface area contributed by atoms with Gasteiger partial charge in [0.1, 0.15) is 5.75 Å². The monoisotopic (exact) mass is 273 g/mol. The number of aromatic hydroxyl groups is 1. The van der Waals surface area contributed by atoms with Gasteiger partial charge >= 0.3 is 0 Å². The molecule has 3 rings (SSSR count). The van der Waals surface area contributed by atoms with E-state index in [2.05, 4.69) is 0 Å². The van der Waals surface area contributed by atoms with Gasteiger partial charge in [0.25, 0.3) is 0 Å². The summed E-state index contributed by atoms with van der Waals surface area (Å²) in [6, 6.07) is 7.08. The van der Waals surface area contributed by atoms with Crippen molar-refractivity contribution in [2.24, 2.45) is 17.8 Å². The van der Waals surface area contributed by atoms with Crippen LogP contribution in [0, 0.1) is 17.8 Å². The Hall–Kier alpha value is -1.51. The van der Waals surface area contributed by atoms with Gasteiger partial charge in [0.2, 0.25) is 5.91 Å². The van der Waals surface area contributed by atoms with Gasteiger partial charge in [-0.05, 0) is 54.7 Å². The molecular formula is C17H23NO2. The maximum absolute atomic E-state index is 12.3. The third-order valence-electron chi connectivity index (χ3n) is 5.10. The molecule has 1 aromatic rings. The predicted molar refractivity (Wildman–Crippen MR) is 78.1 cm³/mol. The first-order chi connectivity index (χ1) is 9.61. The Morgan fingerprint density at radius 1 is 1.25 bits per heavy atom. The van der Waals surface area contributed by atoms with Crippen LogP contribution in [0.15, 0.2) is 24.3 Å². The van der Waals surface area contributed by atoms with Gasteiger partial charge in [0, 0.05) is 20.0 Å². The third-order valence-corrected chi connectivity index (χ3v) is 5.10. The smallest absolute Gasteiger partial charge is 0.222 e. The van der Waals surface area contributed by atoms with E-state index in [1.807, 2.05) is 24.1 Å². The second-order valence-electron chi connectivity index (χ2n) is 6.56. The normalized spacial score (nSPS) is 27.8. The van der Waals surface area contributed by atoms with Gasteiger partial charge in [0.05, 0.1) is 0 Å². The topological polar surface area (TPSA) is 40.5 Å². The lowest BCUT2D eigenvalue weighted by atomic mass is 9.86. The van der Waals surface area contributed by atoms with Crippen LogP contribution >= 0.6 is 0 Å². The Balaban J connectivity index is 1.53. The molecular weight excluding hydrogens is 250 g/mol. The highest BCUT2D eigenvalue weighted by Crippen LogP contribution is 2.49. The van der Waals surface area contributed by atoms with E-state index in [0.29, 0.717) is 12.5 Å². The van der Waals surface area contributed by atoms with Crippen molar-refractivity contribution in [3.8, 4) is 5.75 Å². The Labute approximate surface area is 120 Å². The summed E-state index contributed by atoms with van der Waals surface area (Å²) in [5.74, 6) is 2.87. The first kappa shape index (κ1) is 13.5. The fourth-order valence-electron chi connectivity index (χ4n) is 3.97. The van der Waals surface area contributed by atoms with Crippen LogP contribution < -0.4 is 0 Å². The fourth-order valence-corrected chi connectivity index (χ4v) is 3.97. The van der Waals surface area contributed by atoms with E-state index < -0.39 is 0 Å². The number of hydrogen-bond acceptors (Lipinski definition) is 2. The van der Waals surface area contributed by atoms with Gasteiger partial charge in [-0.15, -0.1) is 0 Å². The van der Waals surface area contributed by atoms with Crippen molar-refractivity contribution in [1.29, 1.82) is 0 Å². The maximum Gasteiger partial charge on any atom is 0.222 e. The van der Waals surface area contributed by atoms with Gasteiger partial charge in [-0.2, -0.15) is 0 Å². The summed E-state index contributed by atoms with van der Waals surface area (Å²) in [5, 5.41) is 9.27. The molecule has 2 saturated carbocycles. The highest BCUT2D eigenvalue weighted by atomic mass is 16.3. The van der Waals surface area contributed by atoms with Gasteiger partial charge in [-0.3, -0.25) is 4.79 Å². The number of nitrogens with zero attached hydrogens (tertiary/aromatic N) is 1. The third kappa shape index (κ3) is 2.82. The van der Waals surface area contributed by atoms with Crippen molar-refractivity contribution >= 4 is 5.91 Å². The summed E-state index contributed by atoms with van der Waals surface area (Å²) in [4.78, 5) is 14.1. The minimum absolute atomic E-state index is 0.260. The molecule has 2 aliphatic rings.